The van der Waals surface area contributed by atoms with Crippen LogP contribution in [0.15, 0.2) is 59.6 Å². The van der Waals surface area contributed by atoms with E-state index < -0.39 is 11.8 Å². The summed E-state index contributed by atoms with van der Waals surface area (Å²) in [4.78, 5) is 28.8. The van der Waals surface area contributed by atoms with Gasteiger partial charge in [0, 0.05) is 15.6 Å². The molecule has 1 aliphatic heterocycles. The van der Waals surface area contributed by atoms with Crippen LogP contribution in [0.2, 0.25) is 5.02 Å². The van der Waals surface area contributed by atoms with Gasteiger partial charge >= 0.3 is 0 Å². The second-order valence-corrected chi connectivity index (χ2v) is 8.32. The zero-order valence-corrected chi connectivity index (χ0v) is 18.2. The van der Waals surface area contributed by atoms with Crippen LogP contribution in [-0.2, 0) is 9.59 Å². The van der Waals surface area contributed by atoms with Gasteiger partial charge in [-0.05, 0) is 60.7 Å². The lowest BCUT2D eigenvalue weighted by Crippen LogP contribution is -2.32. The average Bonchev–Trinajstić information content (AvgIpc) is 3.32. The van der Waals surface area contributed by atoms with Crippen molar-refractivity contribution in [3.63, 3.8) is 0 Å². The Kier molecular flexibility index (Phi) is 5.37. The summed E-state index contributed by atoms with van der Waals surface area (Å²) >= 11 is 7.56. The van der Waals surface area contributed by atoms with Crippen molar-refractivity contribution in [2.75, 3.05) is 17.3 Å². The van der Waals surface area contributed by atoms with Gasteiger partial charge in [0.1, 0.15) is 11.4 Å². The second kappa shape index (κ2) is 7.97. The molecule has 7 heteroatoms. The van der Waals surface area contributed by atoms with E-state index >= 15 is 0 Å². The number of thiophene rings is 1. The SMILES string of the molecule is COc1ccc(Cl)cc1N1C(=O)C(Nc2cc(C)ccc2C)=C(c2cccs2)C1=O. The number of aryl methyl sites for hydroxylation is 2. The highest BCUT2D eigenvalue weighted by Crippen LogP contribution is 2.40. The Morgan fingerprint density at radius 3 is 2.53 bits per heavy atom. The van der Waals surface area contributed by atoms with E-state index in [0.717, 1.165) is 21.7 Å². The molecule has 2 aromatic carbocycles. The first kappa shape index (κ1) is 20.2. The molecule has 1 aromatic heterocycles. The van der Waals surface area contributed by atoms with Gasteiger partial charge in [0.2, 0.25) is 0 Å². The number of carbonyl (C=O) groups excluding carboxylic acids is 2. The number of benzene rings is 2. The molecule has 5 nitrogen and oxygen atoms in total. The highest BCUT2D eigenvalue weighted by Gasteiger charge is 2.42. The van der Waals surface area contributed by atoms with E-state index in [1.165, 1.54) is 18.4 Å². The van der Waals surface area contributed by atoms with Crippen LogP contribution in [0.5, 0.6) is 5.75 Å². The van der Waals surface area contributed by atoms with Gasteiger partial charge in [0.15, 0.2) is 0 Å². The smallest absolute Gasteiger partial charge is 0.282 e. The third-order valence-corrected chi connectivity index (χ3v) is 6.01. The van der Waals surface area contributed by atoms with E-state index in [1.807, 2.05) is 49.6 Å². The molecule has 0 atom stereocenters. The predicted molar refractivity (Wildman–Crippen MR) is 121 cm³/mol. The van der Waals surface area contributed by atoms with Crippen LogP contribution in [0.3, 0.4) is 0 Å². The molecule has 0 radical (unpaired) electrons. The van der Waals surface area contributed by atoms with Gasteiger partial charge in [0.25, 0.3) is 11.8 Å². The first-order valence-corrected chi connectivity index (χ1v) is 10.5. The molecule has 0 saturated heterocycles. The van der Waals surface area contributed by atoms with Crippen molar-refractivity contribution in [2.45, 2.75) is 13.8 Å². The third kappa shape index (κ3) is 3.49. The second-order valence-electron chi connectivity index (χ2n) is 6.93. The predicted octanol–water partition coefficient (Wildman–Crippen LogP) is 5.42. The van der Waals surface area contributed by atoms with Gasteiger partial charge in [-0.15, -0.1) is 11.3 Å². The van der Waals surface area contributed by atoms with E-state index in [4.69, 9.17) is 16.3 Å². The molecule has 152 valence electrons. The van der Waals surface area contributed by atoms with Crippen LogP contribution in [-0.4, -0.2) is 18.9 Å². The van der Waals surface area contributed by atoms with E-state index in [1.54, 1.807) is 18.2 Å². The number of ether oxygens (including phenoxy) is 1. The van der Waals surface area contributed by atoms with Crippen molar-refractivity contribution >= 4 is 51.7 Å². The molecule has 0 bridgehead atoms. The Bertz CT molecular complexity index is 1190. The molecule has 0 unspecified atom stereocenters. The Morgan fingerprint density at radius 1 is 1.03 bits per heavy atom. The van der Waals surface area contributed by atoms with Crippen molar-refractivity contribution in [1.82, 2.24) is 0 Å². The zero-order chi connectivity index (χ0) is 21.4. The van der Waals surface area contributed by atoms with E-state index in [9.17, 15) is 9.59 Å². The van der Waals surface area contributed by atoms with Crippen LogP contribution < -0.4 is 15.0 Å². The number of methoxy groups -OCH3 is 1. The Labute approximate surface area is 183 Å². The summed E-state index contributed by atoms with van der Waals surface area (Å²) in [7, 11) is 1.49. The van der Waals surface area contributed by atoms with Crippen molar-refractivity contribution in [3.8, 4) is 5.75 Å². The number of hydrogen-bond donors (Lipinski definition) is 1. The van der Waals surface area contributed by atoms with Gasteiger partial charge in [-0.3, -0.25) is 9.59 Å². The summed E-state index contributed by atoms with van der Waals surface area (Å²) in [5.41, 5.74) is 3.67. The molecular weight excluding hydrogens is 420 g/mol. The minimum atomic E-state index is -0.454. The third-order valence-electron chi connectivity index (χ3n) is 4.89. The van der Waals surface area contributed by atoms with Gasteiger partial charge in [0.05, 0.1) is 18.4 Å². The number of nitrogens with one attached hydrogen (secondary N) is 1. The minimum absolute atomic E-state index is 0.234. The maximum atomic E-state index is 13.5. The Hall–Kier alpha value is -3.09. The fourth-order valence-corrected chi connectivity index (χ4v) is 4.29. The molecular formula is C23H19ClN2O3S. The number of rotatable bonds is 5. The van der Waals surface area contributed by atoms with Crippen LogP contribution in [0, 0.1) is 13.8 Å². The van der Waals surface area contributed by atoms with Crippen molar-refractivity contribution < 1.29 is 14.3 Å². The first-order chi connectivity index (χ1) is 14.4. The molecule has 30 heavy (non-hydrogen) atoms. The van der Waals surface area contributed by atoms with E-state index in [-0.39, 0.29) is 5.70 Å². The van der Waals surface area contributed by atoms with Crippen molar-refractivity contribution in [3.05, 3.63) is 80.6 Å². The summed E-state index contributed by atoms with van der Waals surface area (Å²) in [5, 5.41) is 5.50. The standard InChI is InChI=1S/C23H19ClN2O3S/c1-13-6-7-14(2)16(11-13)25-21-20(19-5-4-10-30-19)22(27)26(23(21)28)17-12-15(24)8-9-18(17)29-3/h4-12,25H,1-3H3. The number of nitrogens with zero attached hydrogens (tertiary/aromatic N) is 1. The van der Waals surface area contributed by atoms with Crippen LogP contribution >= 0.6 is 22.9 Å². The number of hydrogen-bond acceptors (Lipinski definition) is 5. The van der Waals surface area contributed by atoms with E-state index in [0.29, 0.717) is 26.9 Å². The Balaban J connectivity index is 1.86. The minimum Gasteiger partial charge on any atom is -0.495 e. The summed E-state index contributed by atoms with van der Waals surface area (Å²) < 4.78 is 5.38. The van der Waals surface area contributed by atoms with Crippen molar-refractivity contribution in [2.24, 2.45) is 0 Å². The highest BCUT2D eigenvalue weighted by atomic mass is 35.5. The molecule has 0 aliphatic carbocycles. The normalized spacial score (nSPS) is 13.9. The molecule has 3 aromatic rings. The monoisotopic (exact) mass is 438 g/mol. The zero-order valence-electron chi connectivity index (χ0n) is 16.7. The van der Waals surface area contributed by atoms with Crippen LogP contribution in [0.4, 0.5) is 11.4 Å². The van der Waals surface area contributed by atoms with Crippen LogP contribution in [0.25, 0.3) is 5.57 Å². The van der Waals surface area contributed by atoms with Gasteiger partial charge in [-0.25, -0.2) is 4.90 Å². The maximum Gasteiger partial charge on any atom is 0.282 e. The topological polar surface area (TPSA) is 58.6 Å². The largest absolute Gasteiger partial charge is 0.495 e. The lowest BCUT2D eigenvalue weighted by molar-refractivity contribution is -0.120. The quantitative estimate of drug-likeness (QED) is 0.540. The number of halogens is 1. The fraction of sp³-hybridized carbons (Fsp3) is 0.130. The summed E-state index contributed by atoms with van der Waals surface area (Å²) in [6, 6.07) is 14.5. The lowest BCUT2D eigenvalue weighted by atomic mass is 10.1. The number of amides is 2. The number of anilines is 2. The number of carbonyl (C=O) groups is 2. The van der Waals surface area contributed by atoms with Crippen LogP contribution in [0.1, 0.15) is 16.0 Å². The lowest BCUT2D eigenvalue weighted by Gasteiger charge is -2.19. The van der Waals surface area contributed by atoms with Gasteiger partial charge < -0.3 is 10.1 Å². The summed E-state index contributed by atoms with van der Waals surface area (Å²) in [6.45, 7) is 3.93. The highest BCUT2D eigenvalue weighted by molar-refractivity contribution is 7.11. The molecule has 2 amide bonds. The summed E-state index contributed by atoms with van der Waals surface area (Å²) in [5.74, 6) is -0.486. The molecule has 4 rings (SSSR count). The first-order valence-electron chi connectivity index (χ1n) is 9.25. The Morgan fingerprint density at radius 2 is 1.83 bits per heavy atom. The number of imide groups is 1. The average molecular weight is 439 g/mol. The van der Waals surface area contributed by atoms with Crippen molar-refractivity contribution in [1.29, 1.82) is 0 Å². The molecule has 1 aliphatic rings. The van der Waals surface area contributed by atoms with Gasteiger partial charge in [-0.1, -0.05) is 29.8 Å². The molecule has 2 heterocycles. The maximum absolute atomic E-state index is 13.5. The molecule has 0 fully saturated rings. The molecule has 1 N–H and O–H groups in total. The van der Waals surface area contributed by atoms with Gasteiger partial charge in [-0.2, -0.15) is 0 Å². The molecule has 0 saturated carbocycles. The van der Waals surface area contributed by atoms with E-state index in [2.05, 4.69) is 5.32 Å². The molecule has 0 spiro atoms. The fourth-order valence-electron chi connectivity index (χ4n) is 3.36. The summed E-state index contributed by atoms with van der Waals surface area (Å²) in [6.07, 6.45) is 0.